The summed E-state index contributed by atoms with van der Waals surface area (Å²) in [5.41, 5.74) is 3.55. The number of carbonyl (C=O) groups is 1. The summed E-state index contributed by atoms with van der Waals surface area (Å²) < 4.78 is 0. The van der Waals surface area contributed by atoms with E-state index < -0.39 is 0 Å². The smallest absolute Gasteiger partial charge is 0.263 e. The third kappa shape index (κ3) is 4.54. The van der Waals surface area contributed by atoms with Crippen LogP contribution in [0.25, 0.3) is 0 Å². The molecule has 0 radical (unpaired) electrons. The van der Waals surface area contributed by atoms with Gasteiger partial charge in [-0.15, -0.1) is 11.3 Å². The summed E-state index contributed by atoms with van der Waals surface area (Å²) in [4.78, 5) is 17.7. The Morgan fingerprint density at radius 3 is 2.83 bits per heavy atom. The number of hydrogen-bond acceptors (Lipinski definition) is 3. The Labute approximate surface area is 147 Å². The molecule has 1 aliphatic carbocycles. The van der Waals surface area contributed by atoms with E-state index in [1.807, 2.05) is 25.1 Å². The number of amides is 1. The Bertz CT molecular complexity index is 718. The number of aromatic nitrogens is 1. The molecular weight excluding hydrogens is 316 g/mol. The van der Waals surface area contributed by atoms with Crippen molar-refractivity contribution in [2.24, 2.45) is 0 Å². The van der Waals surface area contributed by atoms with Crippen LogP contribution < -0.4 is 5.32 Å². The number of aryl methyl sites for hydroxylation is 1. The first-order valence-electron chi connectivity index (χ1n) is 8.68. The van der Waals surface area contributed by atoms with Crippen LogP contribution >= 0.6 is 11.3 Å². The maximum absolute atomic E-state index is 12.4. The van der Waals surface area contributed by atoms with Crippen molar-refractivity contribution in [1.82, 2.24) is 10.3 Å². The van der Waals surface area contributed by atoms with Crippen molar-refractivity contribution in [1.29, 1.82) is 0 Å². The molecule has 1 heterocycles. The van der Waals surface area contributed by atoms with Crippen LogP contribution in [0.2, 0.25) is 0 Å². The third-order valence-electron chi connectivity index (χ3n) is 4.36. The third-order valence-corrected chi connectivity index (χ3v) is 5.52. The molecule has 0 unspecified atom stereocenters. The lowest BCUT2D eigenvalue weighted by Gasteiger charge is -2.12. The van der Waals surface area contributed by atoms with Gasteiger partial charge in [-0.3, -0.25) is 4.79 Å². The Balaban J connectivity index is 1.55. The van der Waals surface area contributed by atoms with Gasteiger partial charge >= 0.3 is 0 Å². The highest BCUT2D eigenvalue weighted by molar-refractivity contribution is 7.13. The van der Waals surface area contributed by atoms with Gasteiger partial charge in [-0.05, 0) is 44.6 Å². The van der Waals surface area contributed by atoms with Crippen molar-refractivity contribution in [2.45, 2.75) is 45.4 Å². The topological polar surface area (TPSA) is 42.0 Å². The molecule has 1 aliphatic rings. The maximum atomic E-state index is 12.4. The molecular formula is C20H24N2OS. The van der Waals surface area contributed by atoms with Gasteiger partial charge < -0.3 is 5.32 Å². The van der Waals surface area contributed by atoms with Crippen LogP contribution in [0.15, 0.2) is 42.0 Å². The van der Waals surface area contributed by atoms with Gasteiger partial charge in [0.25, 0.3) is 5.91 Å². The van der Waals surface area contributed by atoms with Crippen molar-refractivity contribution in [3.63, 3.8) is 0 Å². The van der Waals surface area contributed by atoms with Crippen LogP contribution in [0.1, 0.15) is 58.0 Å². The summed E-state index contributed by atoms with van der Waals surface area (Å²) in [5, 5.41) is 4.05. The molecule has 0 saturated carbocycles. The fraction of sp³-hybridized carbons (Fsp3) is 0.400. The molecule has 3 rings (SSSR count). The molecule has 0 saturated heterocycles. The zero-order chi connectivity index (χ0) is 16.8. The zero-order valence-corrected chi connectivity index (χ0v) is 15.0. The SMILES string of the molecule is Cc1nc(Cc2ccccc2)sc1C(=O)NCCC1=CCCCC1. The summed E-state index contributed by atoms with van der Waals surface area (Å²) >= 11 is 1.51. The minimum Gasteiger partial charge on any atom is -0.351 e. The van der Waals surface area contributed by atoms with Gasteiger partial charge in [0.05, 0.1) is 10.7 Å². The quantitative estimate of drug-likeness (QED) is 0.777. The Morgan fingerprint density at radius 2 is 2.08 bits per heavy atom. The highest BCUT2D eigenvalue weighted by Gasteiger charge is 2.15. The predicted octanol–water partition coefficient (Wildman–Crippen LogP) is 4.66. The predicted molar refractivity (Wildman–Crippen MR) is 99.6 cm³/mol. The van der Waals surface area contributed by atoms with Crippen molar-refractivity contribution < 1.29 is 4.79 Å². The van der Waals surface area contributed by atoms with Crippen molar-refractivity contribution in [3.8, 4) is 0 Å². The highest BCUT2D eigenvalue weighted by Crippen LogP contribution is 2.22. The lowest BCUT2D eigenvalue weighted by atomic mass is 9.97. The second kappa shape index (κ2) is 8.25. The first-order valence-corrected chi connectivity index (χ1v) is 9.50. The lowest BCUT2D eigenvalue weighted by molar-refractivity contribution is 0.0957. The minimum absolute atomic E-state index is 0.0146. The first-order chi connectivity index (χ1) is 11.7. The van der Waals surface area contributed by atoms with E-state index in [-0.39, 0.29) is 5.91 Å². The first kappa shape index (κ1) is 16.9. The lowest BCUT2D eigenvalue weighted by Crippen LogP contribution is -2.24. The Morgan fingerprint density at radius 1 is 1.25 bits per heavy atom. The standard InChI is InChI=1S/C20H24N2OS/c1-15-19(20(23)21-13-12-16-8-4-2-5-9-16)24-18(22-15)14-17-10-6-3-7-11-17/h3,6-8,10-11H,2,4-5,9,12-14H2,1H3,(H,21,23). The molecule has 3 nitrogen and oxygen atoms in total. The van der Waals surface area contributed by atoms with Gasteiger partial charge in [0, 0.05) is 13.0 Å². The number of nitrogens with one attached hydrogen (secondary N) is 1. The van der Waals surface area contributed by atoms with Crippen LogP contribution in [-0.2, 0) is 6.42 Å². The van der Waals surface area contributed by atoms with E-state index in [1.54, 1.807) is 0 Å². The fourth-order valence-electron chi connectivity index (χ4n) is 3.06. The van der Waals surface area contributed by atoms with Crippen LogP contribution in [-0.4, -0.2) is 17.4 Å². The summed E-state index contributed by atoms with van der Waals surface area (Å²) in [6, 6.07) is 10.3. The van der Waals surface area contributed by atoms with E-state index >= 15 is 0 Å². The number of carbonyl (C=O) groups excluding carboxylic acids is 1. The number of benzene rings is 1. The molecule has 0 spiro atoms. The monoisotopic (exact) mass is 340 g/mol. The molecule has 1 N–H and O–H groups in total. The summed E-state index contributed by atoms with van der Waals surface area (Å²) in [6.45, 7) is 2.64. The van der Waals surface area contributed by atoms with Crippen molar-refractivity contribution in [3.05, 3.63) is 63.1 Å². The maximum Gasteiger partial charge on any atom is 0.263 e. The van der Waals surface area contributed by atoms with Crippen LogP contribution in [0, 0.1) is 6.92 Å². The average Bonchev–Trinajstić information content (AvgIpc) is 2.97. The number of hydrogen-bond donors (Lipinski definition) is 1. The van der Waals surface area contributed by atoms with E-state index in [0.717, 1.165) is 35.0 Å². The molecule has 1 aromatic heterocycles. The molecule has 0 fully saturated rings. The molecule has 0 bridgehead atoms. The molecule has 126 valence electrons. The molecule has 1 aromatic carbocycles. The van der Waals surface area contributed by atoms with E-state index in [1.165, 1.54) is 48.2 Å². The number of allylic oxidation sites excluding steroid dienone is 1. The summed E-state index contributed by atoms with van der Waals surface area (Å²) in [6.07, 6.45) is 9.08. The van der Waals surface area contributed by atoms with Crippen LogP contribution in [0.3, 0.4) is 0 Å². The van der Waals surface area contributed by atoms with E-state index in [4.69, 9.17) is 0 Å². The Kier molecular flexibility index (Phi) is 5.81. The zero-order valence-electron chi connectivity index (χ0n) is 14.2. The molecule has 0 aliphatic heterocycles. The molecule has 24 heavy (non-hydrogen) atoms. The number of thiazole rings is 1. The molecule has 0 atom stereocenters. The summed E-state index contributed by atoms with van der Waals surface area (Å²) in [7, 11) is 0. The van der Waals surface area contributed by atoms with Gasteiger partial charge in [0.15, 0.2) is 0 Å². The van der Waals surface area contributed by atoms with Crippen molar-refractivity contribution >= 4 is 17.2 Å². The second-order valence-electron chi connectivity index (χ2n) is 6.30. The van der Waals surface area contributed by atoms with Crippen molar-refractivity contribution in [2.75, 3.05) is 6.54 Å². The van der Waals surface area contributed by atoms with Gasteiger partial charge in [-0.1, -0.05) is 42.0 Å². The Hall–Kier alpha value is -1.94. The van der Waals surface area contributed by atoms with E-state index in [9.17, 15) is 4.79 Å². The molecule has 2 aromatic rings. The average molecular weight is 340 g/mol. The van der Waals surface area contributed by atoms with Gasteiger partial charge in [-0.25, -0.2) is 4.98 Å². The molecule has 4 heteroatoms. The second-order valence-corrected chi connectivity index (χ2v) is 7.38. The van der Waals surface area contributed by atoms with Gasteiger partial charge in [0.1, 0.15) is 4.88 Å². The van der Waals surface area contributed by atoms with Crippen LogP contribution in [0.4, 0.5) is 0 Å². The normalized spacial score (nSPS) is 14.3. The van der Waals surface area contributed by atoms with Crippen LogP contribution in [0.5, 0.6) is 0 Å². The van der Waals surface area contributed by atoms with E-state index in [0.29, 0.717) is 0 Å². The highest BCUT2D eigenvalue weighted by atomic mass is 32.1. The molecule has 1 amide bonds. The number of rotatable bonds is 6. The van der Waals surface area contributed by atoms with E-state index in [2.05, 4.69) is 28.5 Å². The number of nitrogens with zero attached hydrogens (tertiary/aromatic N) is 1. The van der Waals surface area contributed by atoms with Gasteiger partial charge in [-0.2, -0.15) is 0 Å². The fourth-order valence-corrected chi connectivity index (χ4v) is 4.07. The van der Waals surface area contributed by atoms with Gasteiger partial charge in [0.2, 0.25) is 0 Å². The largest absolute Gasteiger partial charge is 0.351 e. The minimum atomic E-state index is 0.0146. The summed E-state index contributed by atoms with van der Waals surface area (Å²) in [5.74, 6) is 0.0146.